The zero-order valence-corrected chi connectivity index (χ0v) is 16.6. The number of sulfone groups is 1. The number of esters is 1. The van der Waals surface area contributed by atoms with Gasteiger partial charge in [0.25, 0.3) is 5.91 Å². The zero-order valence-electron chi connectivity index (χ0n) is 15.8. The van der Waals surface area contributed by atoms with Crippen LogP contribution in [0.1, 0.15) is 18.9 Å². The number of fused-ring (bicyclic) bond motifs is 1. The quantitative estimate of drug-likeness (QED) is 0.529. The van der Waals surface area contributed by atoms with Crippen molar-refractivity contribution in [2.45, 2.75) is 25.5 Å². The summed E-state index contributed by atoms with van der Waals surface area (Å²) in [6.45, 7) is 2.44. The monoisotopic (exact) mass is 409 g/mol. The van der Waals surface area contributed by atoms with E-state index in [0.717, 1.165) is 5.56 Å². The van der Waals surface area contributed by atoms with Gasteiger partial charge in [0.2, 0.25) is 0 Å². The van der Waals surface area contributed by atoms with Crippen molar-refractivity contribution in [1.82, 2.24) is 4.90 Å². The molecule has 1 amide bonds. The van der Waals surface area contributed by atoms with E-state index in [1.807, 2.05) is 0 Å². The fourth-order valence-electron chi connectivity index (χ4n) is 3.14. The lowest BCUT2D eigenvalue weighted by Crippen LogP contribution is -2.44. The largest absolute Gasteiger partial charge is 0.486 e. The summed E-state index contributed by atoms with van der Waals surface area (Å²) in [4.78, 5) is 25.8. The molecule has 2 heterocycles. The van der Waals surface area contributed by atoms with Gasteiger partial charge in [-0.1, -0.05) is 6.07 Å². The number of nitrogens with zero attached hydrogens (tertiary/aromatic N) is 1. The third-order valence-electron chi connectivity index (χ3n) is 4.72. The van der Waals surface area contributed by atoms with Crippen LogP contribution in [0.4, 0.5) is 0 Å². The molecule has 0 N–H and O–H groups in total. The SMILES string of the molecule is C[C@@H](OC(=O)/C=C/c1ccc2c(c1)OCCO2)C(=O)N(C)[C@H]1CCS(=O)(=O)C1. The highest BCUT2D eigenvalue weighted by molar-refractivity contribution is 7.91. The standard InChI is InChI=1S/C19H23NO7S/c1-13(19(22)20(2)15-7-10-28(23,24)12-15)27-18(21)6-4-14-3-5-16-17(11-14)26-9-8-25-16/h3-6,11,13,15H,7-10,12H2,1-2H3/b6-4+/t13-,15+/m1/s1. The summed E-state index contributed by atoms with van der Waals surface area (Å²) in [5, 5.41) is 0. The first-order valence-electron chi connectivity index (χ1n) is 9.00. The Morgan fingerprint density at radius 3 is 2.64 bits per heavy atom. The Labute approximate surface area is 164 Å². The molecule has 2 aliphatic rings. The van der Waals surface area contributed by atoms with Crippen molar-refractivity contribution >= 4 is 27.8 Å². The van der Waals surface area contributed by atoms with E-state index in [-0.39, 0.29) is 17.5 Å². The van der Waals surface area contributed by atoms with Gasteiger partial charge in [0, 0.05) is 19.2 Å². The summed E-state index contributed by atoms with van der Waals surface area (Å²) in [6.07, 6.45) is 2.18. The molecule has 0 aromatic heterocycles. The molecular weight excluding hydrogens is 386 g/mol. The molecule has 1 fully saturated rings. The Balaban J connectivity index is 1.55. The lowest BCUT2D eigenvalue weighted by molar-refractivity contribution is -0.155. The number of hydrogen-bond acceptors (Lipinski definition) is 7. The van der Waals surface area contributed by atoms with Crippen LogP contribution in [0.25, 0.3) is 6.08 Å². The number of hydrogen-bond donors (Lipinski definition) is 0. The van der Waals surface area contributed by atoms with Crippen molar-refractivity contribution in [2.24, 2.45) is 0 Å². The van der Waals surface area contributed by atoms with Gasteiger partial charge in [-0.2, -0.15) is 0 Å². The van der Waals surface area contributed by atoms with Gasteiger partial charge in [0.1, 0.15) is 13.2 Å². The average molecular weight is 409 g/mol. The van der Waals surface area contributed by atoms with Crippen LogP contribution in [0.3, 0.4) is 0 Å². The van der Waals surface area contributed by atoms with E-state index >= 15 is 0 Å². The first-order valence-corrected chi connectivity index (χ1v) is 10.8. The minimum absolute atomic E-state index is 0.0556. The van der Waals surface area contributed by atoms with Gasteiger partial charge < -0.3 is 19.1 Å². The molecule has 3 rings (SSSR count). The number of rotatable bonds is 5. The van der Waals surface area contributed by atoms with Crippen LogP contribution in [-0.2, 0) is 24.2 Å². The summed E-state index contributed by atoms with van der Waals surface area (Å²) in [7, 11) is -1.57. The molecule has 9 heteroatoms. The number of carbonyl (C=O) groups excluding carboxylic acids is 2. The van der Waals surface area contributed by atoms with Crippen molar-refractivity contribution in [3.63, 3.8) is 0 Å². The van der Waals surface area contributed by atoms with Crippen molar-refractivity contribution < 1.29 is 32.2 Å². The van der Waals surface area contributed by atoms with E-state index in [9.17, 15) is 18.0 Å². The number of carbonyl (C=O) groups is 2. The Morgan fingerprint density at radius 2 is 1.96 bits per heavy atom. The molecular formula is C19H23NO7S. The van der Waals surface area contributed by atoms with Gasteiger partial charge in [-0.15, -0.1) is 0 Å². The van der Waals surface area contributed by atoms with E-state index in [2.05, 4.69) is 0 Å². The van der Waals surface area contributed by atoms with E-state index in [0.29, 0.717) is 31.1 Å². The first-order chi connectivity index (χ1) is 13.2. The third-order valence-corrected chi connectivity index (χ3v) is 6.47. The maximum Gasteiger partial charge on any atom is 0.331 e. The van der Waals surface area contributed by atoms with Crippen molar-refractivity contribution in [3.8, 4) is 11.5 Å². The van der Waals surface area contributed by atoms with Crippen molar-refractivity contribution in [1.29, 1.82) is 0 Å². The number of amides is 1. The van der Waals surface area contributed by atoms with Crippen LogP contribution in [-0.4, -0.2) is 69.1 Å². The highest BCUT2D eigenvalue weighted by Gasteiger charge is 2.34. The molecule has 0 unspecified atom stereocenters. The summed E-state index contributed by atoms with van der Waals surface area (Å²) < 4.78 is 39.2. The summed E-state index contributed by atoms with van der Waals surface area (Å²) in [6, 6.07) is 4.91. The van der Waals surface area contributed by atoms with Crippen LogP contribution in [0, 0.1) is 0 Å². The van der Waals surface area contributed by atoms with E-state index in [1.165, 1.54) is 24.9 Å². The van der Waals surface area contributed by atoms with E-state index in [1.54, 1.807) is 24.3 Å². The molecule has 0 aliphatic carbocycles. The lowest BCUT2D eigenvalue weighted by Gasteiger charge is -2.26. The van der Waals surface area contributed by atoms with Crippen LogP contribution in [0.5, 0.6) is 11.5 Å². The topological polar surface area (TPSA) is 99.2 Å². The molecule has 28 heavy (non-hydrogen) atoms. The lowest BCUT2D eigenvalue weighted by atomic mass is 10.2. The molecule has 2 aliphatic heterocycles. The maximum absolute atomic E-state index is 12.4. The highest BCUT2D eigenvalue weighted by Crippen LogP contribution is 2.31. The van der Waals surface area contributed by atoms with Crippen molar-refractivity contribution in [2.75, 3.05) is 31.8 Å². The van der Waals surface area contributed by atoms with Gasteiger partial charge in [0.15, 0.2) is 27.4 Å². The molecule has 2 atom stereocenters. The van der Waals surface area contributed by atoms with Crippen LogP contribution in [0.2, 0.25) is 0 Å². The fraction of sp³-hybridized carbons (Fsp3) is 0.474. The molecule has 152 valence electrons. The third kappa shape index (κ3) is 4.83. The van der Waals surface area contributed by atoms with Gasteiger partial charge in [0.05, 0.1) is 11.5 Å². The number of likely N-dealkylation sites (N-methyl/N-ethyl adjacent to an activating group) is 1. The molecule has 0 spiro atoms. The molecule has 0 radical (unpaired) electrons. The Hall–Kier alpha value is -2.55. The minimum atomic E-state index is -3.10. The fourth-order valence-corrected chi connectivity index (χ4v) is 4.91. The second-order valence-electron chi connectivity index (χ2n) is 6.82. The average Bonchev–Trinajstić information content (AvgIpc) is 3.04. The predicted molar refractivity (Wildman–Crippen MR) is 102 cm³/mol. The Morgan fingerprint density at radius 1 is 1.25 bits per heavy atom. The van der Waals surface area contributed by atoms with Gasteiger partial charge in [-0.25, -0.2) is 13.2 Å². The second-order valence-corrected chi connectivity index (χ2v) is 9.05. The Bertz CT molecular complexity index is 894. The van der Waals surface area contributed by atoms with Crippen LogP contribution >= 0.6 is 0 Å². The molecule has 1 aromatic carbocycles. The normalized spacial score (nSPS) is 21.3. The molecule has 0 bridgehead atoms. The zero-order chi connectivity index (χ0) is 20.3. The number of ether oxygens (including phenoxy) is 3. The van der Waals surface area contributed by atoms with Crippen LogP contribution in [0.15, 0.2) is 24.3 Å². The predicted octanol–water partition coefficient (Wildman–Crippen LogP) is 1.05. The van der Waals surface area contributed by atoms with Crippen molar-refractivity contribution in [3.05, 3.63) is 29.8 Å². The van der Waals surface area contributed by atoms with Crippen LogP contribution < -0.4 is 9.47 Å². The Kier molecular flexibility index (Phi) is 5.93. The summed E-state index contributed by atoms with van der Waals surface area (Å²) in [5.41, 5.74) is 0.730. The van der Waals surface area contributed by atoms with Gasteiger partial charge in [-0.3, -0.25) is 4.79 Å². The molecule has 1 saturated heterocycles. The molecule has 1 aromatic rings. The smallest absolute Gasteiger partial charge is 0.331 e. The summed E-state index contributed by atoms with van der Waals surface area (Å²) in [5.74, 6) is 0.189. The minimum Gasteiger partial charge on any atom is -0.486 e. The summed E-state index contributed by atoms with van der Waals surface area (Å²) >= 11 is 0. The van der Waals surface area contributed by atoms with Gasteiger partial charge in [-0.05, 0) is 37.1 Å². The molecule has 0 saturated carbocycles. The highest BCUT2D eigenvalue weighted by atomic mass is 32.2. The van der Waals surface area contributed by atoms with Gasteiger partial charge >= 0.3 is 5.97 Å². The second kappa shape index (κ2) is 8.22. The maximum atomic E-state index is 12.4. The van der Waals surface area contributed by atoms with E-state index in [4.69, 9.17) is 14.2 Å². The first kappa shape index (κ1) is 20.2. The van der Waals surface area contributed by atoms with E-state index < -0.39 is 27.8 Å². The molecule has 8 nitrogen and oxygen atoms in total. The number of benzene rings is 1.